The summed E-state index contributed by atoms with van der Waals surface area (Å²) in [5, 5.41) is 3.51. The van der Waals surface area contributed by atoms with Gasteiger partial charge >= 0.3 is 0 Å². The zero-order valence-electron chi connectivity index (χ0n) is 8.18. The van der Waals surface area contributed by atoms with E-state index in [2.05, 4.69) is 32.3 Å². The summed E-state index contributed by atoms with van der Waals surface area (Å²) in [4.78, 5) is 0. The first kappa shape index (κ1) is 11.3. The second kappa shape index (κ2) is 6.99. The Bertz CT molecular complexity index is 85.6. The fourth-order valence-corrected chi connectivity index (χ4v) is 1.47. The molecule has 2 unspecified atom stereocenters. The first-order chi connectivity index (χ1) is 5.20. The lowest BCUT2D eigenvalue weighted by Crippen LogP contribution is -2.31. The first-order valence-corrected chi connectivity index (χ1v) is 5.82. The van der Waals surface area contributed by atoms with Gasteiger partial charge in [0.05, 0.1) is 0 Å². The Morgan fingerprint density at radius 2 is 2.00 bits per heavy atom. The topological polar surface area (TPSA) is 12.0 Å². The van der Waals surface area contributed by atoms with Gasteiger partial charge in [0.2, 0.25) is 0 Å². The van der Waals surface area contributed by atoms with Crippen molar-refractivity contribution in [2.75, 3.05) is 18.6 Å². The van der Waals surface area contributed by atoms with Crippen LogP contribution in [0.1, 0.15) is 27.2 Å². The quantitative estimate of drug-likeness (QED) is 0.665. The van der Waals surface area contributed by atoms with Gasteiger partial charge < -0.3 is 5.32 Å². The summed E-state index contributed by atoms with van der Waals surface area (Å²) in [5.74, 6) is 2.04. The second-order valence-electron chi connectivity index (χ2n) is 3.28. The highest BCUT2D eigenvalue weighted by molar-refractivity contribution is 7.98. The molecule has 0 bridgehead atoms. The standard InChI is InChI=1S/C9H21NS/c1-5-8(2)6-10-9(3)7-11-4/h8-10H,5-7H2,1-4H3. The van der Waals surface area contributed by atoms with Crippen molar-refractivity contribution in [3.8, 4) is 0 Å². The van der Waals surface area contributed by atoms with Gasteiger partial charge in [0.25, 0.3) is 0 Å². The molecule has 0 fully saturated rings. The molecule has 0 aliphatic heterocycles. The van der Waals surface area contributed by atoms with Gasteiger partial charge in [-0.25, -0.2) is 0 Å². The van der Waals surface area contributed by atoms with E-state index in [1.54, 1.807) is 0 Å². The number of rotatable bonds is 6. The molecule has 0 saturated carbocycles. The smallest absolute Gasteiger partial charge is 0.0129 e. The molecule has 68 valence electrons. The average Bonchev–Trinajstić information content (AvgIpc) is 2.01. The summed E-state index contributed by atoms with van der Waals surface area (Å²) in [6, 6.07) is 0.666. The third-order valence-electron chi connectivity index (χ3n) is 1.93. The number of thioether (sulfide) groups is 1. The van der Waals surface area contributed by atoms with Crippen LogP contribution >= 0.6 is 11.8 Å². The second-order valence-corrected chi connectivity index (χ2v) is 4.19. The monoisotopic (exact) mass is 175 g/mol. The van der Waals surface area contributed by atoms with E-state index in [0.717, 1.165) is 12.5 Å². The average molecular weight is 175 g/mol. The molecule has 0 aromatic carbocycles. The maximum absolute atomic E-state index is 3.51. The zero-order chi connectivity index (χ0) is 8.69. The molecule has 0 aliphatic carbocycles. The highest BCUT2D eigenvalue weighted by Crippen LogP contribution is 2.00. The van der Waals surface area contributed by atoms with Crippen LogP contribution in [0.15, 0.2) is 0 Å². The van der Waals surface area contributed by atoms with E-state index in [9.17, 15) is 0 Å². The van der Waals surface area contributed by atoms with Crippen molar-refractivity contribution < 1.29 is 0 Å². The Balaban J connectivity index is 3.22. The van der Waals surface area contributed by atoms with Gasteiger partial charge in [-0.2, -0.15) is 11.8 Å². The molecule has 0 rings (SSSR count). The summed E-state index contributed by atoms with van der Waals surface area (Å²) in [6.45, 7) is 7.95. The Labute approximate surface area is 75.3 Å². The van der Waals surface area contributed by atoms with E-state index < -0.39 is 0 Å². The maximum atomic E-state index is 3.51. The minimum absolute atomic E-state index is 0.666. The fraction of sp³-hybridized carbons (Fsp3) is 1.00. The number of nitrogens with one attached hydrogen (secondary N) is 1. The summed E-state index contributed by atoms with van der Waals surface area (Å²) < 4.78 is 0. The van der Waals surface area contributed by atoms with Crippen LogP contribution in [0, 0.1) is 5.92 Å². The lowest BCUT2D eigenvalue weighted by molar-refractivity contribution is 0.470. The van der Waals surface area contributed by atoms with Gasteiger partial charge in [-0.15, -0.1) is 0 Å². The number of hydrogen-bond acceptors (Lipinski definition) is 2. The normalized spacial score (nSPS) is 16.4. The third kappa shape index (κ3) is 6.70. The van der Waals surface area contributed by atoms with E-state index in [-0.39, 0.29) is 0 Å². The van der Waals surface area contributed by atoms with Crippen LogP contribution in [0.25, 0.3) is 0 Å². The molecule has 0 spiro atoms. The minimum atomic E-state index is 0.666. The van der Waals surface area contributed by atoms with Crippen molar-refractivity contribution in [2.24, 2.45) is 5.92 Å². The van der Waals surface area contributed by atoms with E-state index >= 15 is 0 Å². The lowest BCUT2D eigenvalue weighted by Gasteiger charge is -2.15. The first-order valence-electron chi connectivity index (χ1n) is 4.43. The minimum Gasteiger partial charge on any atom is -0.313 e. The summed E-state index contributed by atoms with van der Waals surface area (Å²) in [6.07, 6.45) is 3.43. The van der Waals surface area contributed by atoms with Gasteiger partial charge in [-0.05, 0) is 25.6 Å². The van der Waals surface area contributed by atoms with Gasteiger partial charge in [-0.1, -0.05) is 20.3 Å². The van der Waals surface area contributed by atoms with Crippen LogP contribution in [0.2, 0.25) is 0 Å². The Morgan fingerprint density at radius 3 is 2.45 bits per heavy atom. The van der Waals surface area contributed by atoms with Crippen molar-refractivity contribution in [1.29, 1.82) is 0 Å². The molecular weight excluding hydrogens is 154 g/mol. The van der Waals surface area contributed by atoms with Crippen molar-refractivity contribution in [3.05, 3.63) is 0 Å². The molecule has 1 N–H and O–H groups in total. The van der Waals surface area contributed by atoms with Crippen molar-refractivity contribution in [1.82, 2.24) is 5.32 Å². The van der Waals surface area contributed by atoms with Crippen LogP contribution in [0.3, 0.4) is 0 Å². The molecule has 2 atom stereocenters. The molecule has 0 radical (unpaired) electrons. The van der Waals surface area contributed by atoms with Gasteiger partial charge in [0.1, 0.15) is 0 Å². The highest BCUT2D eigenvalue weighted by atomic mass is 32.2. The Hall–Kier alpha value is 0.310. The maximum Gasteiger partial charge on any atom is 0.0129 e. The zero-order valence-corrected chi connectivity index (χ0v) is 9.00. The molecule has 0 aromatic heterocycles. The molecule has 0 saturated heterocycles. The van der Waals surface area contributed by atoms with E-state index in [0.29, 0.717) is 6.04 Å². The summed E-state index contributed by atoms with van der Waals surface area (Å²) >= 11 is 1.91. The summed E-state index contributed by atoms with van der Waals surface area (Å²) in [5.41, 5.74) is 0. The van der Waals surface area contributed by atoms with Gasteiger partial charge in [0.15, 0.2) is 0 Å². The van der Waals surface area contributed by atoms with Crippen LogP contribution in [-0.2, 0) is 0 Å². The molecular formula is C9H21NS. The fourth-order valence-electron chi connectivity index (χ4n) is 0.856. The molecule has 0 aliphatic rings. The van der Waals surface area contributed by atoms with Crippen LogP contribution in [0.4, 0.5) is 0 Å². The Morgan fingerprint density at radius 1 is 1.36 bits per heavy atom. The van der Waals surface area contributed by atoms with Crippen LogP contribution in [-0.4, -0.2) is 24.6 Å². The molecule has 11 heavy (non-hydrogen) atoms. The highest BCUT2D eigenvalue weighted by Gasteiger charge is 2.02. The summed E-state index contributed by atoms with van der Waals surface area (Å²) in [7, 11) is 0. The predicted octanol–water partition coefficient (Wildman–Crippen LogP) is 2.37. The van der Waals surface area contributed by atoms with E-state index in [4.69, 9.17) is 0 Å². The van der Waals surface area contributed by atoms with E-state index in [1.165, 1.54) is 12.2 Å². The molecule has 0 heterocycles. The van der Waals surface area contributed by atoms with Crippen LogP contribution < -0.4 is 5.32 Å². The molecule has 0 amide bonds. The lowest BCUT2D eigenvalue weighted by atomic mass is 10.1. The van der Waals surface area contributed by atoms with Gasteiger partial charge in [0, 0.05) is 11.8 Å². The number of hydrogen-bond donors (Lipinski definition) is 1. The third-order valence-corrected chi connectivity index (χ3v) is 2.76. The SMILES string of the molecule is CCC(C)CNC(C)CSC. The van der Waals surface area contributed by atoms with Crippen LogP contribution in [0.5, 0.6) is 0 Å². The van der Waals surface area contributed by atoms with Crippen molar-refractivity contribution in [3.63, 3.8) is 0 Å². The largest absolute Gasteiger partial charge is 0.313 e. The molecule has 1 nitrogen and oxygen atoms in total. The van der Waals surface area contributed by atoms with Crippen molar-refractivity contribution >= 4 is 11.8 Å². The van der Waals surface area contributed by atoms with E-state index in [1.807, 2.05) is 11.8 Å². The molecule has 2 heteroatoms. The van der Waals surface area contributed by atoms with Gasteiger partial charge in [-0.3, -0.25) is 0 Å². The van der Waals surface area contributed by atoms with Crippen molar-refractivity contribution in [2.45, 2.75) is 33.2 Å². The predicted molar refractivity (Wildman–Crippen MR) is 55.3 cm³/mol. The molecule has 0 aromatic rings. The Kier molecular flexibility index (Phi) is 7.18.